The molecule has 0 aromatic heterocycles. The molecule has 0 atom stereocenters. The van der Waals surface area contributed by atoms with Crippen LogP contribution in [0, 0.1) is 6.92 Å². The van der Waals surface area contributed by atoms with Gasteiger partial charge in [0.2, 0.25) is 0 Å². The van der Waals surface area contributed by atoms with Crippen molar-refractivity contribution in [3.05, 3.63) is 29.3 Å². The highest BCUT2D eigenvalue weighted by atomic mass is 19.4. The van der Waals surface area contributed by atoms with Gasteiger partial charge in [0.1, 0.15) is 5.75 Å². The maximum Gasteiger partial charge on any atom is 0.462 e. The maximum absolute atomic E-state index is 12.9. The van der Waals surface area contributed by atoms with Gasteiger partial charge in [-0.25, -0.2) is 4.99 Å². The van der Waals surface area contributed by atoms with Gasteiger partial charge in [-0.3, -0.25) is 0 Å². The fraction of sp³-hybridized carbons (Fsp3) is 0.364. The molecule has 1 rings (SSSR count). The highest BCUT2D eigenvalue weighted by Crippen LogP contribution is 2.47. The zero-order valence-electron chi connectivity index (χ0n) is 9.85. The molecule has 0 saturated carbocycles. The molecule has 1 aromatic carbocycles. The minimum absolute atomic E-state index is 0.0714. The van der Waals surface area contributed by atoms with Crippen LogP contribution >= 0.6 is 0 Å². The zero-order valence-corrected chi connectivity index (χ0v) is 9.85. The number of phenolic OH excluding ortho intramolecular Hbond substituents is 1. The van der Waals surface area contributed by atoms with Crippen molar-refractivity contribution in [3.63, 3.8) is 0 Å². The lowest BCUT2D eigenvalue weighted by Crippen LogP contribution is -2.50. The number of aryl methyl sites for hydroxylation is 1. The van der Waals surface area contributed by atoms with Gasteiger partial charge in [-0.1, -0.05) is 12.1 Å². The van der Waals surface area contributed by atoms with Gasteiger partial charge in [-0.15, -0.1) is 0 Å². The van der Waals surface area contributed by atoms with Crippen molar-refractivity contribution >= 4 is 6.21 Å². The molecular formula is C11H8F7NO. The molecule has 0 aliphatic rings. The second-order valence-electron chi connectivity index (χ2n) is 3.88. The molecule has 0 unspecified atom stereocenters. The third kappa shape index (κ3) is 2.86. The molecule has 0 spiro atoms. The third-order valence-corrected chi connectivity index (χ3v) is 2.37. The Morgan fingerprint density at radius 2 is 1.60 bits per heavy atom. The van der Waals surface area contributed by atoms with E-state index in [1.54, 1.807) is 0 Å². The van der Waals surface area contributed by atoms with E-state index >= 15 is 0 Å². The van der Waals surface area contributed by atoms with Crippen LogP contribution in [0.2, 0.25) is 0 Å². The average molecular weight is 303 g/mol. The third-order valence-electron chi connectivity index (χ3n) is 2.37. The predicted molar refractivity (Wildman–Crippen MR) is 56.4 cm³/mol. The molecule has 0 aliphatic heterocycles. The van der Waals surface area contributed by atoms with Crippen LogP contribution in [0.3, 0.4) is 0 Å². The van der Waals surface area contributed by atoms with Gasteiger partial charge in [0.05, 0.1) is 0 Å². The first-order valence-electron chi connectivity index (χ1n) is 5.06. The number of nitrogens with zero attached hydrogens (tertiary/aromatic N) is 1. The molecule has 9 heteroatoms. The van der Waals surface area contributed by atoms with Crippen LogP contribution in [0.5, 0.6) is 5.75 Å². The van der Waals surface area contributed by atoms with Gasteiger partial charge in [-0.2, -0.15) is 30.7 Å². The van der Waals surface area contributed by atoms with Gasteiger partial charge in [0, 0.05) is 11.8 Å². The molecule has 0 aliphatic carbocycles. The first-order chi connectivity index (χ1) is 8.90. The first kappa shape index (κ1) is 16.3. The van der Waals surface area contributed by atoms with E-state index in [-0.39, 0.29) is 11.8 Å². The lowest BCUT2D eigenvalue weighted by atomic mass is 10.1. The van der Waals surface area contributed by atoms with E-state index in [0.717, 1.165) is 6.07 Å². The molecule has 0 fully saturated rings. The standard InChI is InChI=1S/C11H8F7NO/c1-6-3-2-4-7(8(6)20)5-19-11(17,18)9(12,13)10(14,15)16/h2-5,20H,1H3. The van der Waals surface area contributed by atoms with E-state index in [0.29, 0.717) is 0 Å². The Labute approximate surface area is 108 Å². The molecule has 112 valence electrons. The summed E-state index contributed by atoms with van der Waals surface area (Å²) in [4.78, 5) is 1.98. The normalized spacial score (nSPS) is 14.0. The molecule has 0 radical (unpaired) electrons. The lowest BCUT2D eigenvalue weighted by molar-refractivity contribution is -0.352. The minimum atomic E-state index is -6.44. The van der Waals surface area contributed by atoms with E-state index in [9.17, 15) is 35.8 Å². The monoisotopic (exact) mass is 303 g/mol. The number of aliphatic imine (C=N–C) groups is 1. The lowest BCUT2D eigenvalue weighted by Gasteiger charge is -2.24. The molecule has 1 aromatic rings. The van der Waals surface area contributed by atoms with Crippen LogP contribution in [-0.2, 0) is 0 Å². The summed E-state index contributed by atoms with van der Waals surface area (Å²) in [6, 6.07) is -1.97. The molecule has 1 N–H and O–H groups in total. The number of para-hydroxylation sites is 1. The predicted octanol–water partition coefficient (Wildman–Crippen LogP) is 3.91. The number of phenols is 1. The number of alkyl halides is 7. The number of halogens is 7. The van der Waals surface area contributed by atoms with Crippen molar-refractivity contribution in [2.75, 3.05) is 0 Å². The summed E-state index contributed by atoms with van der Waals surface area (Å²) in [5.74, 6) is -6.85. The van der Waals surface area contributed by atoms with Crippen LogP contribution in [-0.4, -0.2) is 29.5 Å². The summed E-state index contributed by atoms with van der Waals surface area (Å²) in [6.45, 7) is 1.38. The Kier molecular flexibility index (Phi) is 4.02. The molecule has 0 saturated heterocycles. The number of hydrogen-bond donors (Lipinski definition) is 1. The van der Waals surface area contributed by atoms with E-state index in [2.05, 4.69) is 0 Å². The first-order valence-corrected chi connectivity index (χ1v) is 5.06. The van der Waals surface area contributed by atoms with Crippen LogP contribution in [0.4, 0.5) is 30.7 Å². The molecule has 0 amide bonds. The van der Waals surface area contributed by atoms with Crippen molar-refractivity contribution in [1.82, 2.24) is 0 Å². The van der Waals surface area contributed by atoms with E-state index in [1.165, 1.54) is 19.1 Å². The van der Waals surface area contributed by atoms with Crippen LogP contribution in [0.1, 0.15) is 11.1 Å². The second kappa shape index (κ2) is 4.95. The number of rotatable bonds is 3. The topological polar surface area (TPSA) is 32.6 Å². The maximum atomic E-state index is 12.9. The number of aromatic hydroxyl groups is 1. The highest BCUT2D eigenvalue weighted by Gasteiger charge is 2.73. The fourth-order valence-electron chi connectivity index (χ4n) is 1.19. The van der Waals surface area contributed by atoms with E-state index in [4.69, 9.17) is 0 Å². The van der Waals surface area contributed by atoms with Gasteiger partial charge >= 0.3 is 18.1 Å². The van der Waals surface area contributed by atoms with Gasteiger partial charge < -0.3 is 5.11 Å². The van der Waals surface area contributed by atoms with Crippen molar-refractivity contribution in [3.8, 4) is 5.75 Å². The molecule has 20 heavy (non-hydrogen) atoms. The highest BCUT2D eigenvalue weighted by molar-refractivity contribution is 5.84. The number of hydrogen-bond acceptors (Lipinski definition) is 2. The smallest absolute Gasteiger partial charge is 0.462 e. The Bertz CT molecular complexity index is 522. The quantitative estimate of drug-likeness (QED) is 0.512. The Morgan fingerprint density at radius 3 is 2.10 bits per heavy atom. The van der Waals surface area contributed by atoms with Crippen molar-refractivity contribution in [1.29, 1.82) is 0 Å². The summed E-state index contributed by atoms with van der Waals surface area (Å²) in [5.41, 5.74) is -0.178. The largest absolute Gasteiger partial charge is 0.507 e. The van der Waals surface area contributed by atoms with E-state index < -0.39 is 29.5 Å². The Hall–Kier alpha value is -1.80. The van der Waals surface area contributed by atoms with E-state index in [1.807, 2.05) is 4.99 Å². The molecular weight excluding hydrogens is 295 g/mol. The number of benzene rings is 1. The van der Waals surface area contributed by atoms with Crippen molar-refractivity contribution in [2.45, 2.75) is 25.1 Å². The summed E-state index contributed by atoms with van der Waals surface area (Å²) < 4.78 is 86.3. The second-order valence-corrected chi connectivity index (χ2v) is 3.88. The van der Waals surface area contributed by atoms with Crippen LogP contribution in [0.25, 0.3) is 0 Å². The Morgan fingerprint density at radius 1 is 1.05 bits per heavy atom. The van der Waals surface area contributed by atoms with Crippen LogP contribution < -0.4 is 0 Å². The minimum Gasteiger partial charge on any atom is -0.507 e. The average Bonchev–Trinajstić information content (AvgIpc) is 2.29. The van der Waals surface area contributed by atoms with Crippen molar-refractivity contribution in [2.24, 2.45) is 4.99 Å². The fourth-order valence-corrected chi connectivity index (χ4v) is 1.19. The zero-order chi connectivity index (χ0) is 15.8. The molecule has 0 bridgehead atoms. The summed E-state index contributed by atoms with van der Waals surface area (Å²) in [5, 5.41) is 9.41. The van der Waals surface area contributed by atoms with Gasteiger partial charge in [-0.05, 0) is 18.6 Å². The molecule has 0 heterocycles. The summed E-state index contributed by atoms with van der Waals surface area (Å²) in [7, 11) is 0. The summed E-state index contributed by atoms with van der Waals surface area (Å²) >= 11 is 0. The molecule has 2 nitrogen and oxygen atoms in total. The van der Waals surface area contributed by atoms with Gasteiger partial charge in [0.15, 0.2) is 0 Å². The Balaban J connectivity index is 3.14. The van der Waals surface area contributed by atoms with Crippen LogP contribution in [0.15, 0.2) is 23.2 Å². The van der Waals surface area contributed by atoms with Gasteiger partial charge in [0.25, 0.3) is 0 Å². The van der Waals surface area contributed by atoms with Crippen molar-refractivity contribution < 1.29 is 35.8 Å². The SMILES string of the molecule is Cc1cccc(C=NC(F)(F)C(F)(F)C(F)(F)F)c1O. The summed E-state index contributed by atoms with van der Waals surface area (Å²) in [6.07, 6.45) is -6.37.